The van der Waals surface area contributed by atoms with Crippen molar-refractivity contribution in [1.82, 2.24) is 0 Å². The Morgan fingerprint density at radius 2 is 1.81 bits per heavy atom. The first-order valence-corrected chi connectivity index (χ1v) is 5.13. The molecule has 1 heterocycles. The standard InChI is InChI=1S/C13H15O3/c1-8-12-10(14-3)6-5-7-11(15-4)13(12)9(2)16-8/h5-7H,1-4H3/q+1. The van der Waals surface area contributed by atoms with Crippen LogP contribution in [0.25, 0.3) is 10.8 Å². The Labute approximate surface area is 94.0 Å². The third-order valence-corrected chi connectivity index (χ3v) is 2.69. The quantitative estimate of drug-likeness (QED) is 0.691. The molecule has 0 spiro atoms. The number of methoxy groups -OCH3 is 1. The topological polar surface area (TPSA) is 33.7 Å². The Kier molecular flexibility index (Phi) is 2.69. The number of hydrogen-bond donors (Lipinski definition) is 0. The van der Waals surface area contributed by atoms with E-state index in [1.54, 1.807) is 14.2 Å². The minimum Gasteiger partial charge on any atom is -0.496 e. The van der Waals surface area contributed by atoms with Crippen molar-refractivity contribution in [3.8, 4) is 5.75 Å². The lowest BCUT2D eigenvalue weighted by atomic mass is 10.2. The summed E-state index contributed by atoms with van der Waals surface area (Å²) in [5.74, 6) is 2.49. The maximum atomic E-state index is 5.63. The van der Waals surface area contributed by atoms with Crippen molar-refractivity contribution >= 4 is 10.8 Å². The first-order chi connectivity index (χ1) is 7.69. The van der Waals surface area contributed by atoms with E-state index in [1.165, 1.54) is 0 Å². The van der Waals surface area contributed by atoms with Gasteiger partial charge in [0, 0.05) is 6.07 Å². The highest BCUT2D eigenvalue weighted by atomic mass is 16.5. The average molecular weight is 219 g/mol. The molecule has 0 atom stereocenters. The second-order valence-corrected chi connectivity index (χ2v) is 3.63. The van der Waals surface area contributed by atoms with Crippen LogP contribution in [0.5, 0.6) is 5.75 Å². The fraction of sp³-hybridized carbons (Fsp3) is 0.308. The zero-order valence-corrected chi connectivity index (χ0v) is 9.96. The van der Waals surface area contributed by atoms with Crippen LogP contribution in [0.1, 0.15) is 11.5 Å². The summed E-state index contributed by atoms with van der Waals surface area (Å²) < 4.78 is 16.4. The van der Waals surface area contributed by atoms with E-state index in [0.717, 1.165) is 33.5 Å². The molecular formula is C13H15O3+. The molecule has 2 rings (SSSR count). The lowest BCUT2D eigenvalue weighted by Gasteiger charge is -1.96. The van der Waals surface area contributed by atoms with Crippen LogP contribution >= 0.6 is 0 Å². The van der Waals surface area contributed by atoms with E-state index in [2.05, 4.69) is 0 Å². The molecular weight excluding hydrogens is 204 g/mol. The SMILES string of the molecule is COc1cccc(=[O+]C)c2c(C)oc(C)c12. The van der Waals surface area contributed by atoms with Gasteiger partial charge in [-0.05, 0) is 26.0 Å². The Bertz CT molecular complexity index is 594. The number of aryl methyl sites for hydroxylation is 2. The fourth-order valence-corrected chi connectivity index (χ4v) is 2.01. The van der Waals surface area contributed by atoms with Crippen LogP contribution in [-0.2, 0) is 0 Å². The van der Waals surface area contributed by atoms with E-state index in [0.29, 0.717) is 0 Å². The minimum atomic E-state index is 0.799. The van der Waals surface area contributed by atoms with Crippen molar-refractivity contribution < 1.29 is 9.15 Å². The number of ether oxygens (including phenoxy) is 1. The van der Waals surface area contributed by atoms with Crippen LogP contribution in [0.15, 0.2) is 27.0 Å². The Balaban J connectivity index is 3.11. The van der Waals surface area contributed by atoms with Crippen LogP contribution in [0.4, 0.5) is 0 Å². The molecule has 0 radical (unpaired) electrons. The van der Waals surface area contributed by atoms with E-state index in [4.69, 9.17) is 13.6 Å². The predicted molar refractivity (Wildman–Crippen MR) is 64.4 cm³/mol. The van der Waals surface area contributed by atoms with Crippen molar-refractivity contribution in [2.45, 2.75) is 13.8 Å². The van der Waals surface area contributed by atoms with Crippen LogP contribution in [-0.4, -0.2) is 14.2 Å². The summed E-state index contributed by atoms with van der Waals surface area (Å²) in [6.07, 6.45) is 0. The third kappa shape index (κ3) is 1.48. The van der Waals surface area contributed by atoms with Crippen molar-refractivity contribution in [1.29, 1.82) is 0 Å². The van der Waals surface area contributed by atoms with Crippen LogP contribution in [0.3, 0.4) is 0 Å². The van der Waals surface area contributed by atoms with Gasteiger partial charge < -0.3 is 9.15 Å². The van der Waals surface area contributed by atoms with E-state index < -0.39 is 0 Å². The molecule has 0 fully saturated rings. The summed E-state index contributed by atoms with van der Waals surface area (Å²) in [7, 11) is 3.31. The highest BCUT2D eigenvalue weighted by Crippen LogP contribution is 2.29. The van der Waals surface area contributed by atoms with Gasteiger partial charge in [0.25, 0.3) is 7.11 Å². The average Bonchev–Trinajstić information content (AvgIpc) is 2.50. The summed E-state index contributed by atoms with van der Waals surface area (Å²) in [4.78, 5) is 0. The number of furan rings is 1. The monoisotopic (exact) mass is 219 g/mol. The molecule has 16 heavy (non-hydrogen) atoms. The highest BCUT2D eigenvalue weighted by Gasteiger charge is 2.16. The molecule has 0 aliphatic heterocycles. The maximum Gasteiger partial charge on any atom is 0.354 e. The highest BCUT2D eigenvalue weighted by molar-refractivity contribution is 5.91. The molecule has 0 aliphatic rings. The zero-order valence-electron chi connectivity index (χ0n) is 9.96. The first kappa shape index (κ1) is 10.7. The number of rotatable bonds is 1. The molecule has 1 aromatic heterocycles. The second-order valence-electron chi connectivity index (χ2n) is 3.63. The van der Waals surface area contributed by atoms with Gasteiger partial charge in [-0.3, -0.25) is 4.42 Å². The van der Waals surface area contributed by atoms with E-state index in [1.807, 2.05) is 32.0 Å². The molecule has 3 nitrogen and oxygen atoms in total. The Morgan fingerprint density at radius 1 is 1.12 bits per heavy atom. The molecule has 0 N–H and O–H groups in total. The van der Waals surface area contributed by atoms with Crippen LogP contribution < -0.4 is 10.2 Å². The lowest BCUT2D eigenvalue weighted by molar-refractivity contribution is 0.418. The van der Waals surface area contributed by atoms with Gasteiger partial charge in [-0.25, -0.2) is 0 Å². The summed E-state index contributed by atoms with van der Waals surface area (Å²) in [5.41, 5.74) is 0.799. The smallest absolute Gasteiger partial charge is 0.354 e. The first-order valence-electron chi connectivity index (χ1n) is 5.13. The van der Waals surface area contributed by atoms with Crippen molar-refractivity contribution in [2.75, 3.05) is 14.2 Å². The maximum absolute atomic E-state index is 5.63. The summed E-state index contributed by atoms with van der Waals surface area (Å²) in [6.45, 7) is 3.86. The molecule has 0 aliphatic carbocycles. The fourth-order valence-electron chi connectivity index (χ4n) is 2.01. The molecule has 3 heteroatoms. The zero-order chi connectivity index (χ0) is 11.7. The van der Waals surface area contributed by atoms with Gasteiger partial charge in [-0.2, -0.15) is 0 Å². The molecule has 0 saturated carbocycles. The summed E-state index contributed by atoms with van der Waals surface area (Å²) >= 11 is 0. The van der Waals surface area contributed by atoms with Crippen LogP contribution in [0.2, 0.25) is 0 Å². The van der Waals surface area contributed by atoms with Crippen molar-refractivity contribution in [3.05, 3.63) is 39.6 Å². The molecule has 2 aromatic rings. The van der Waals surface area contributed by atoms with Crippen molar-refractivity contribution in [3.63, 3.8) is 0 Å². The van der Waals surface area contributed by atoms with Gasteiger partial charge >= 0.3 is 5.43 Å². The molecule has 0 unspecified atom stereocenters. The largest absolute Gasteiger partial charge is 0.496 e. The Hall–Kier alpha value is -1.77. The van der Waals surface area contributed by atoms with Gasteiger partial charge in [0.1, 0.15) is 22.7 Å². The summed E-state index contributed by atoms with van der Waals surface area (Å²) in [6, 6.07) is 5.73. The van der Waals surface area contributed by atoms with Gasteiger partial charge in [0.2, 0.25) is 0 Å². The van der Waals surface area contributed by atoms with Gasteiger partial charge in [0.15, 0.2) is 0 Å². The van der Waals surface area contributed by atoms with E-state index >= 15 is 0 Å². The molecule has 0 amide bonds. The second kappa shape index (κ2) is 4.00. The van der Waals surface area contributed by atoms with E-state index in [-0.39, 0.29) is 0 Å². The lowest BCUT2D eigenvalue weighted by Crippen LogP contribution is -1.98. The molecule has 84 valence electrons. The predicted octanol–water partition coefficient (Wildman–Crippen LogP) is 2.58. The van der Waals surface area contributed by atoms with Crippen LogP contribution in [0, 0.1) is 13.8 Å². The third-order valence-electron chi connectivity index (χ3n) is 2.69. The molecule has 0 bridgehead atoms. The minimum absolute atomic E-state index is 0.799. The summed E-state index contributed by atoms with van der Waals surface area (Å²) in [5, 5.41) is 1.95. The van der Waals surface area contributed by atoms with Crippen molar-refractivity contribution in [2.24, 2.45) is 0 Å². The normalized spacial score (nSPS) is 12.1. The van der Waals surface area contributed by atoms with E-state index in [9.17, 15) is 0 Å². The molecule has 0 saturated heterocycles. The van der Waals surface area contributed by atoms with Gasteiger partial charge in [-0.1, -0.05) is 0 Å². The number of fused-ring (bicyclic) bond motifs is 1. The van der Waals surface area contributed by atoms with Gasteiger partial charge in [0.05, 0.1) is 12.5 Å². The number of hydrogen-bond acceptors (Lipinski definition) is 2. The molecule has 1 aromatic carbocycles. The van der Waals surface area contributed by atoms with Gasteiger partial charge in [-0.15, -0.1) is 0 Å². The Morgan fingerprint density at radius 3 is 2.44 bits per heavy atom.